The van der Waals surface area contributed by atoms with E-state index in [0.29, 0.717) is 16.3 Å². The summed E-state index contributed by atoms with van der Waals surface area (Å²) < 4.78 is 5.57. The summed E-state index contributed by atoms with van der Waals surface area (Å²) in [6.07, 6.45) is 0.173. The maximum Gasteiger partial charge on any atom is 0.250 e. The highest BCUT2D eigenvalue weighted by molar-refractivity contribution is 6.33. The number of nitrogens with one attached hydrogen (secondary N) is 1. The molecule has 4 nitrogen and oxygen atoms in total. The van der Waals surface area contributed by atoms with Gasteiger partial charge in [0.15, 0.2) is 0 Å². The average Bonchev–Trinajstić information content (AvgIpc) is 2.13. The third-order valence-electron chi connectivity index (χ3n) is 2.25. The molecular weight excluding hydrogens is 216 g/mol. The highest BCUT2D eigenvalue weighted by atomic mass is 35.5. The van der Waals surface area contributed by atoms with Gasteiger partial charge in [-0.05, 0) is 18.2 Å². The number of halogens is 1. The van der Waals surface area contributed by atoms with E-state index < -0.39 is 5.91 Å². The minimum Gasteiger partial charge on any atom is -0.488 e. The van der Waals surface area contributed by atoms with Gasteiger partial charge in [-0.25, -0.2) is 0 Å². The number of hydrogen-bond acceptors (Lipinski definition) is 3. The second-order valence-corrected chi connectivity index (χ2v) is 3.81. The van der Waals surface area contributed by atoms with Gasteiger partial charge in [0.2, 0.25) is 5.91 Å². The van der Waals surface area contributed by atoms with Crippen LogP contribution in [0.3, 0.4) is 0 Å². The van der Waals surface area contributed by atoms with Crippen molar-refractivity contribution in [2.45, 2.75) is 6.10 Å². The Kier molecular flexibility index (Phi) is 2.79. The van der Waals surface area contributed by atoms with Gasteiger partial charge >= 0.3 is 0 Å². The van der Waals surface area contributed by atoms with E-state index in [0.717, 1.165) is 13.1 Å². The molecule has 0 aromatic heterocycles. The van der Waals surface area contributed by atoms with E-state index in [9.17, 15) is 4.79 Å². The van der Waals surface area contributed by atoms with Crippen LogP contribution in [-0.2, 0) is 0 Å². The lowest BCUT2D eigenvalue weighted by molar-refractivity contribution is 0.0998. The predicted molar refractivity (Wildman–Crippen MR) is 57.3 cm³/mol. The van der Waals surface area contributed by atoms with Gasteiger partial charge < -0.3 is 15.8 Å². The maximum absolute atomic E-state index is 11.0. The first-order valence-electron chi connectivity index (χ1n) is 4.63. The smallest absolute Gasteiger partial charge is 0.250 e. The van der Waals surface area contributed by atoms with Crippen LogP contribution in [0, 0.1) is 0 Å². The summed E-state index contributed by atoms with van der Waals surface area (Å²) in [5, 5.41) is 3.44. The molecule has 15 heavy (non-hydrogen) atoms. The summed E-state index contributed by atoms with van der Waals surface area (Å²) in [4.78, 5) is 11.0. The normalized spacial score (nSPS) is 15.8. The van der Waals surface area contributed by atoms with Crippen molar-refractivity contribution in [1.82, 2.24) is 5.32 Å². The van der Waals surface area contributed by atoms with Gasteiger partial charge in [-0.2, -0.15) is 0 Å². The summed E-state index contributed by atoms with van der Waals surface area (Å²) in [6.45, 7) is 1.66. The molecule has 0 atom stereocenters. The molecule has 1 heterocycles. The number of rotatable bonds is 3. The van der Waals surface area contributed by atoms with Gasteiger partial charge in [0.25, 0.3) is 0 Å². The van der Waals surface area contributed by atoms with Crippen LogP contribution in [0.4, 0.5) is 0 Å². The number of carbonyl (C=O) groups is 1. The number of primary amides is 1. The van der Waals surface area contributed by atoms with Crippen LogP contribution in [-0.4, -0.2) is 25.1 Å². The topological polar surface area (TPSA) is 64.4 Å². The number of benzene rings is 1. The molecule has 1 aromatic carbocycles. The van der Waals surface area contributed by atoms with E-state index in [1.54, 1.807) is 18.2 Å². The second kappa shape index (κ2) is 4.08. The quantitative estimate of drug-likeness (QED) is 0.801. The van der Waals surface area contributed by atoms with Crippen molar-refractivity contribution < 1.29 is 9.53 Å². The van der Waals surface area contributed by atoms with E-state index in [2.05, 4.69) is 5.32 Å². The first-order chi connectivity index (χ1) is 7.16. The Bertz CT molecular complexity index is 391. The van der Waals surface area contributed by atoms with Crippen LogP contribution < -0.4 is 15.8 Å². The first kappa shape index (κ1) is 10.3. The van der Waals surface area contributed by atoms with E-state index in [-0.39, 0.29) is 6.10 Å². The Morgan fingerprint density at radius 2 is 2.27 bits per heavy atom. The lowest BCUT2D eigenvalue weighted by Gasteiger charge is -2.27. The third kappa shape index (κ3) is 2.22. The number of ether oxygens (including phenoxy) is 1. The minimum atomic E-state index is -0.544. The highest BCUT2D eigenvalue weighted by Crippen LogP contribution is 2.22. The summed E-state index contributed by atoms with van der Waals surface area (Å²) in [5.74, 6) is 0.0804. The van der Waals surface area contributed by atoms with Gasteiger partial charge in [0, 0.05) is 13.1 Å². The molecule has 0 saturated carbocycles. The second-order valence-electron chi connectivity index (χ2n) is 3.40. The van der Waals surface area contributed by atoms with Crippen molar-refractivity contribution in [3.63, 3.8) is 0 Å². The van der Waals surface area contributed by atoms with Crippen LogP contribution >= 0.6 is 11.6 Å². The van der Waals surface area contributed by atoms with Gasteiger partial charge in [0.05, 0.1) is 10.6 Å². The molecule has 2 rings (SSSR count). The molecule has 0 spiro atoms. The van der Waals surface area contributed by atoms with Crippen molar-refractivity contribution in [3.8, 4) is 5.75 Å². The van der Waals surface area contributed by atoms with Crippen molar-refractivity contribution in [1.29, 1.82) is 0 Å². The summed E-state index contributed by atoms with van der Waals surface area (Å²) in [7, 11) is 0. The van der Waals surface area contributed by atoms with Crippen LogP contribution in [0.5, 0.6) is 5.75 Å². The number of amides is 1. The molecular formula is C10H11ClN2O2. The fourth-order valence-corrected chi connectivity index (χ4v) is 1.52. The molecule has 1 saturated heterocycles. The molecule has 1 fully saturated rings. The standard InChI is InChI=1S/C10H11ClN2O2/c11-9-2-1-6(3-8(9)10(12)14)15-7-4-13-5-7/h1-3,7,13H,4-5H2,(H2,12,14). The predicted octanol–water partition coefficient (Wildman–Crippen LogP) is 0.789. The van der Waals surface area contributed by atoms with Crippen molar-refractivity contribution >= 4 is 17.5 Å². The van der Waals surface area contributed by atoms with Crippen molar-refractivity contribution in [3.05, 3.63) is 28.8 Å². The zero-order valence-corrected chi connectivity index (χ0v) is 8.75. The molecule has 0 bridgehead atoms. The maximum atomic E-state index is 11.0. The van der Waals surface area contributed by atoms with Gasteiger partial charge in [-0.3, -0.25) is 4.79 Å². The van der Waals surface area contributed by atoms with Gasteiger partial charge in [0.1, 0.15) is 11.9 Å². The molecule has 0 aliphatic carbocycles. The van der Waals surface area contributed by atoms with Crippen LogP contribution in [0.1, 0.15) is 10.4 Å². The van der Waals surface area contributed by atoms with Crippen molar-refractivity contribution in [2.75, 3.05) is 13.1 Å². The zero-order chi connectivity index (χ0) is 10.8. The van der Waals surface area contributed by atoms with Gasteiger partial charge in [-0.1, -0.05) is 11.6 Å². The van der Waals surface area contributed by atoms with Crippen LogP contribution in [0.15, 0.2) is 18.2 Å². The molecule has 0 unspecified atom stereocenters. The van der Waals surface area contributed by atoms with E-state index in [4.69, 9.17) is 22.1 Å². The van der Waals surface area contributed by atoms with Gasteiger partial charge in [-0.15, -0.1) is 0 Å². The average molecular weight is 227 g/mol. The Morgan fingerprint density at radius 1 is 1.53 bits per heavy atom. The molecule has 0 radical (unpaired) electrons. The van der Waals surface area contributed by atoms with E-state index >= 15 is 0 Å². The molecule has 1 aliphatic rings. The Morgan fingerprint density at radius 3 is 2.80 bits per heavy atom. The molecule has 1 aromatic rings. The Hall–Kier alpha value is -1.26. The molecule has 80 valence electrons. The Balaban J connectivity index is 2.17. The van der Waals surface area contributed by atoms with E-state index in [1.807, 2.05) is 0 Å². The Labute approximate surface area is 92.4 Å². The molecule has 5 heteroatoms. The summed E-state index contributed by atoms with van der Waals surface area (Å²) >= 11 is 5.81. The summed E-state index contributed by atoms with van der Waals surface area (Å²) in [6, 6.07) is 4.92. The monoisotopic (exact) mass is 226 g/mol. The highest BCUT2D eigenvalue weighted by Gasteiger charge is 2.19. The van der Waals surface area contributed by atoms with Crippen LogP contribution in [0.2, 0.25) is 5.02 Å². The first-order valence-corrected chi connectivity index (χ1v) is 5.01. The van der Waals surface area contributed by atoms with Crippen LogP contribution in [0.25, 0.3) is 0 Å². The zero-order valence-electron chi connectivity index (χ0n) is 8.00. The largest absolute Gasteiger partial charge is 0.488 e. The SMILES string of the molecule is NC(=O)c1cc(OC2CNC2)ccc1Cl. The minimum absolute atomic E-state index is 0.173. The lowest BCUT2D eigenvalue weighted by Crippen LogP contribution is -2.50. The number of carbonyl (C=O) groups excluding carboxylic acids is 1. The molecule has 1 aliphatic heterocycles. The van der Waals surface area contributed by atoms with E-state index in [1.165, 1.54) is 0 Å². The third-order valence-corrected chi connectivity index (χ3v) is 2.58. The lowest BCUT2D eigenvalue weighted by atomic mass is 10.2. The number of hydrogen-bond donors (Lipinski definition) is 2. The summed E-state index contributed by atoms with van der Waals surface area (Å²) in [5.41, 5.74) is 5.46. The fourth-order valence-electron chi connectivity index (χ4n) is 1.30. The number of nitrogens with two attached hydrogens (primary N) is 1. The van der Waals surface area contributed by atoms with Crippen molar-refractivity contribution in [2.24, 2.45) is 5.73 Å². The molecule has 1 amide bonds. The molecule has 3 N–H and O–H groups in total. The fraction of sp³-hybridized carbons (Fsp3) is 0.300.